The summed E-state index contributed by atoms with van der Waals surface area (Å²) >= 11 is -1.75. The van der Waals surface area contributed by atoms with Crippen molar-refractivity contribution in [3.8, 4) is 0 Å². The van der Waals surface area contributed by atoms with E-state index in [0.717, 1.165) is 0 Å². The Morgan fingerprint density at radius 2 is 1.78 bits per heavy atom. The quantitative estimate of drug-likeness (QED) is 0.429. The topological polar surface area (TPSA) is 94.8 Å². The van der Waals surface area contributed by atoms with Crippen molar-refractivity contribution in [2.75, 3.05) is 0 Å². The number of carboxylic acids is 1. The van der Waals surface area contributed by atoms with E-state index >= 15 is 0 Å². The fourth-order valence-corrected chi connectivity index (χ4v) is 0. The van der Waals surface area contributed by atoms with Crippen LogP contribution in [0.5, 0.6) is 0 Å². The van der Waals surface area contributed by atoms with Gasteiger partial charge >= 0.3 is 32.5 Å². The summed E-state index contributed by atoms with van der Waals surface area (Å²) in [5, 5.41) is 15.8. The molecule has 0 aliphatic carbocycles. The van der Waals surface area contributed by atoms with Crippen molar-refractivity contribution in [3.05, 3.63) is 0 Å². The third-order valence-corrected chi connectivity index (χ3v) is 0.357. The fourth-order valence-electron chi connectivity index (χ4n) is 0. The van der Waals surface area contributed by atoms with Gasteiger partial charge in [-0.1, -0.05) is 0 Å². The van der Waals surface area contributed by atoms with Gasteiger partial charge in [-0.25, -0.2) is 4.79 Å². The number of aliphatic hydroxyl groups is 1. The van der Waals surface area contributed by atoms with E-state index in [4.69, 9.17) is 17.2 Å². The van der Waals surface area contributed by atoms with Crippen molar-refractivity contribution in [2.45, 2.75) is 13.0 Å². The van der Waals surface area contributed by atoms with Crippen LogP contribution >= 0.6 is 0 Å². The molecule has 9 heavy (non-hydrogen) atoms. The number of hydrogen-bond acceptors (Lipinski definition) is 3. The molecule has 6 heteroatoms. The van der Waals surface area contributed by atoms with Gasteiger partial charge in [-0.15, -0.1) is 0 Å². The zero-order chi connectivity index (χ0) is 7.86. The molecule has 0 bridgehead atoms. The van der Waals surface area contributed by atoms with Crippen LogP contribution in [0.2, 0.25) is 0 Å². The molecule has 5 nitrogen and oxygen atoms in total. The van der Waals surface area contributed by atoms with Gasteiger partial charge in [0, 0.05) is 0 Å². The average Bonchev–Trinajstić information content (AvgIpc) is 1.68. The molecule has 0 saturated heterocycles. The first-order valence-corrected chi connectivity index (χ1v) is 3.32. The Bertz CT molecular complexity index is 90.2. The summed E-state index contributed by atoms with van der Waals surface area (Å²) in [5.41, 5.74) is 0. The van der Waals surface area contributed by atoms with Crippen LogP contribution in [0.25, 0.3) is 0 Å². The van der Waals surface area contributed by atoms with Gasteiger partial charge in [0.05, 0.1) is 0 Å². The van der Waals surface area contributed by atoms with Crippen molar-refractivity contribution in [2.24, 2.45) is 0 Å². The van der Waals surface area contributed by atoms with Crippen LogP contribution in [0.4, 0.5) is 0 Å². The minimum atomic E-state index is -1.75. The van der Waals surface area contributed by atoms with E-state index in [-0.39, 0.29) is 0 Å². The Morgan fingerprint density at radius 3 is 1.78 bits per heavy atom. The van der Waals surface area contributed by atoms with Crippen molar-refractivity contribution < 1.29 is 41.5 Å². The second-order valence-corrected chi connectivity index (χ2v) is 1.39. The Morgan fingerprint density at radius 1 is 1.67 bits per heavy atom. The molecule has 1 atom stereocenters. The molecule has 0 radical (unpaired) electrons. The average molecular weight is 171 g/mol. The van der Waals surface area contributed by atoms with E-state index in [1.54, 1.807) is 0 Å². The van der Waals surface area contributed by atoms with Gasteiger partial charge in [0.2, 0.25) is 0 Å². The van der Waals surface area contributed by atoms with Crippen molar-refractivity contribution >= 4 is 5.97 Å². The maximum absolute atomic E-state index is 9.45. The van der Waals surface area contributed by atoms with Gasteiger partial charge < -0.3 is 10.2 Å². The number of aliphatic hydroxyl groups excluding tert-OH is 1. The zero-order valence-electron chi connectivity index (χ0n) is 4.74. The summed E-state index contributed by atoms with van der Waals surface area (Å²) < 4.78 is 15.8. The van der Waals surface area contributed by atoms with Crippen LogP contribution in [-0.4, -0.2) is 26.0 Å². The molecule has 0 amide bonds. The third-order valence-electron chi connectivity index (χ3n) is 0.357. The summed E-state index contributed by atoms with van der Waals surface area (Å²) in [5.74, 6) is -1.19. The third kappa shape index (κ3) is 18.1. The Labute approximate surface area is 61.0 Å². The van der Waals surface area contributed by atoms with Crippen LogP contribution in [0.1, 0.15) is 6.92 Å². The molecule has 0 heterocycles. The maximum atomic E-state index is 9.45. The first-order chi connectivity index (χ1) is 4.06. The molecule has 0 aliphatic heterocycles. The molecule has 0 saturated carbocycles. The molecule has 0 spiro atoms. The number of carbonyl (C=O) groups is 1. The van der Waals surface area contributed by atoms with Gasteiger partial charge in [0.15, 0.2) is 0 Å². The number of hydrogen-bond donors (Lipinski definition) is 3. The second-order valence-electron chi connectivity index (χ2n) is 1.11. The molecule has 0 aliphatic rings. The molecule has 3 N–H and O–H groups in total. The summed E-state index contributed by atoms with van der Waals surface area (Å²) in [6.45, 7) is 1.20. The normalized spacial score (nSPS) is 10.1. The molecule has 0 aromatic heterocycles. The summed E-state index contributed by atoms with van der Waals surface area (Å²) in [6, 6.07) is 0. The first-order valence-electron chi connectivity index (χ1n) is 1.98. The number of carboxylic acid groups (broad SMARTS) is 1. The molecular formula is C3H7O5Ti. The van der Waals surface area contributed by atoms with Gasteiger partial charge in [-0.2, -0.15) is 0 Å². The molecule has 0 fully saturated rings. The van der Waals surface area contributed by atoms with E-state index < -0.39 is 31.6 Å². The molecule has 53 valence electrons. The summed E-state index contributed by atoms with van der Waals surface area (Å²) in [6.07, 6.45) is -1.23. The van der Waals surface area contributed by atoms with Crippen molar-refractivity contribution in [1.29, 1.82) is 0 Å². The standard InChI is InChI=1S/C3H6O3.H2O.O.Ti/c1-2(4)3(5)6;;;/h2,4H,1H3,(H,5,6);1H2;;/q;;;+1/p-1. The summed E-state index contributed by atoms with van der Waals surface area (Å²) in [4.78, 5) is 9.45. The van der Waals surface area contributed by atoms with E-state index in [1.807, 2.05) is 0 Å². The van der Waals surface area contributed by atoms with Gasteiger partial charge in [-0.05, 0) is 6.92 Å². The molecule has 0 rings (SSSR count). The second kappa shape index (κ2) is 7.90. The minimum absolute atomic E-state index is 1.19. The van der Waals surface area contributed by atoms with Crippen LogP contribution in [0.3, 0.4) is 0 Å². The van der Waals surface area contributed by atoms with Gasteiger partial charge in [0.25, 0.3) is 0 Å². The van der Waals surface area contributed by atoms with E-state index in [9.17, 15) is 4.79 Å². The number of aliphatic carboxylic acids is 1. The predicted octanol–water partition coefficient (Wildman–Crippen LogP) is -1.23. The van der Waals surface area contributed by atoms with E-state index in [0.29, 0.717) is 0 Å². The van der Waals surface area contributed by atoms with Crippen molar-refractivity contribution in [1.82, 2.24) is 0 Å². The molecule has 1 unspecified atom stereocenters. The van der Waals surface area contributed by atoms with Gasteiger partial charge in [-0.3, -0.25) is 0 Å². The SMILES string of the molecule is CC(O)C(=O)O.[O]=[Ti][OH]. The predicted molar refractivity (Wildman–Crippen MR) is 22.2 cm³/mol. The van der Waals surface area contributed by atoms with Crippen LogP contribution < -0.4 is 0 Å². The van der Waals surface area contributed by atoms with E-state index in [2.05, 4.69) is 0 Å². The zero-order valence-corrected chi connectivity index (χ0v) is 6.30. The summed E-state index contributed by atoms with van der Waals surface area (Å²) in [7, 11) is 0. The van der Waals surface area contributed by atoms with Crippen LogP contribution in [0.15, 0.2) is 0 Å². The number of rotatable bonds is 1. The van der Waals surface area contributed by atoms with E-state index in [1.165, 1.54) is 6.92 Å². The molecule has 0 aromatic rings. The van der Waals surface area contributed by atoms with Gasteiger partial charge in [0.1, 0.15) is 6.10 Å². The Balaban J connectivity index is 0. The Kier molecular flexibility index (Phi) is 10.2. The molecular weight excluding hydrogens is 164 g/mol. The fraction of sp³-hybridized carbons (Fsp3) is 0.667. The van der Waals surface area contributed by atoms with Crippen LogP contribution in [-0.2, 0) is 27.6 Å². The monoisotopic (exact) mass is 171 g/mol. The Hall–Kier alpha value is -0.0957. The van der Waals surface area contributed by atoms with Crippen molar-refractivity contribution in [3.63, 3.8) is 0 Å². The molecule has 0 aromatic carbocycles. The van der Waals surface area contributed by atoms with Crippen LogP contribution in [0, 0.1) is 0 Å². The first kappa shape index (κ1) is 11.7.